The third-order valence-corrected chi connectivity index (χ3v) is 3.41. The zero-order valence-corrected chi connectivity index (χ0v) is 10.1. The van der Waals surface area contributed by atoms with Crippen LogP contribution < -0.4 is 5.73 Å². The van der Waals surface area contributed by atoms with Crippen LogP contribution in [0.3, 0.4) is 0 Å². The van der Waals surface area contributed by atoms with Gasteiger partial charge >= 0.3 is 0 Å². The maximum atomic E-state index is 6.41. The lowest BCUT2D eigenvalue weighted by atomic mass is 9.81. The van der Waals surface area contributed by atoms with Gasteiger partial charge in [-0.2, -0.15) is 0 Å². The standard InChI is InChI=1S/C14H18N2/c1-10(2)14(3,15)12-8-4-6-11-7-5-9-16-13(11)12/h4-10H,15H2,1-3H3. The third-order valence-electron chi connectivity index (χ3n) is 3.41. The zero-order valence-electron chi connectivity index (χ0n) is 10.1. The van der Waals surface area contributed by atoms with Crippen molar-refractivity contribution in [3.63, 3.8) is 0 Å². The first kappa shape index (κ1) is 11.1. The van der Waals surface area contributed by atoms with E-state index in [-0.39, 0.29) is 5.54 Å². The Hall–Kier alpha value is -1.41. The first-order valence-corrected chi connectivity index (χ1v) is 5.66. The highest BCUT2D eigenvalue weighted by atomic mass is 14.8. The second-order valence-electron chi connectivity index (χ2n) is 4.82. The maximum Gasteiger partial charge on any atom is 0.0752 e. The Bertz CT molecular complexity index is 496. The molecule has 1 unspecified atom stereocenters. The first-order chi connectivity index (χ1) is 7.53. The predicted octanol–water partition coefficient (Wildman–Crippen LogP) is 3.06. The highest BCUT2D eigenvalue weighted by molar-refractivity contribution is 5.82. The molecule has 2 heteroatoms. The van der Waals surface area contributed by atoms with Gasteiger partial charge in [0.05, 0.1) is 5.52 Å². The van der Waals surface area contributed by atoms with E-state index in [0.717, 1.165) is 16.5 Å². The molecule has 0 spiro atoms. The Morgan fingerprint density at radius 3 is 2.56 bits per heavy atom. The second kappa shape index (κ2) is 3.87. The van der Waals surface area contributed by atoms with E-state index in [4.69, 9.17) is 5.73 Å². The summed E-state index contributed by atoms with van der Waals surface area (Å²) in [6.07, 6.45) is 1.82. The van der Waals surface area contributed by atoms with Gasteiger partial charge < -0.3 is 5.73 Å². The number of nitrogens with two attached hydrogens (primary N) is 1. The predicted molar refractivity (Wildman–Crippen MR) is 68.1 cm³/mol. The van der Waals surface area contributed by atoms with Gasteiger partial charge in [-0.1, -0.05) is 38.1 Å². The van der Waals surface area contributed by atoms with E-state index in [2.05, 4.69) is 44.0 Å². The SMILES string of the molecule is CC(C)C(C)(N)c1cccc2cccnc12. The van der Waals surface area contributed by atoms with Crippen molar-refractivity contribution in [1.29, 1.82) is 0 Å². The number of nitrogens with zero attached hydrogens (tertiary/aromatic N) is 1. The minimum absolute atomic E-state index is 0.339. The zero-order chi connectivity index (χ0) is 11.8. The number of hydrogen-bond acceptors (Lipinski definition) is 2. The van der Waals surface area contributed by atoms with E-state index < -0.39 is 0 Å². The van der Waals surface area contributed by atoms with Gasteiger partial charge in [-0.3, -0.25) is 4.98 Å². The number of fused-ring (bicyclic) bond motifs is 1. The third kappa shape index (κ3) is 1.69. The summed E-state index contributed by atoms with van der Waals surface area (Å²) in [5, 5.41) is 1.15. The molecule has 0 fully saturated rings. The highest BCUT2D eigenvalue weighted by Crippen LogP contribution is 2.30. The molecule has 0 bridgehead atoms. The lowest BCUT2D eigenvalue weighted by molar-refractivity contribution is 0.353. The summed E-state index contributed by atoms with van der Waals surface area (Å²) in [6, 6.07) is 10.2. The first-order valence-electron chi connectivity index (χ1n) is 5.66. The van der Waals surface area contributed by atoms with Crippen LogP contribution in [0.1, 0.15) is 26.3 Å². The normalized spacial score (nSPS) is 15.3. The molecule has 2 aromatic rings. The van der Waals surface area contributed by atoms with Gasteiger partial charge in [-0.25, -0.2) is 0 Å². The van der Waals surface area contributed by atoms with Crippen LogP contribution in [0, 0.1) is 5.92 Å². The van der Waals surface area contributed by atoms with Crippen LogP contribution in [-0.4, -0.2) is 4.98 Å². The average molecular weight is 214 g/mol. The maximum absolute atomic E-state index is 6.41. The summed E-state index contributed by atoms with van der Waals surface area (Å²) in [5.41, 5.74) is 8.21. The Labute approximate surface area is 96.5 Å². The van der Waals surface area contributed by atoms with E-state index in [1.807, 2.05) is 18.3 Å². The molecule has 2 N–H and O–H groups in total. The van der Waals surface area contributed by atoms with Crippen LogP contribution in [-0.2, 0) is 5.54 Å². The molecule has 16 heavy (non-hydrogen) atoms. The van der Waals surface area contributed by atoms with Crippen LogP contribution >= 0.6 is 0 Å². The number of aromatic nitrogens is 1. The van der Waals surface area contributed by atoms with Gasteiger partial charge in [0.15, 0.2) is 0 Å². The number of rotatable bonds is 2. The molecule has 0 radical (unpaired) electrons. The van der Waals surface area contributed by atoms with Crippen molar-refractivity contribution in [2.75, 3.05) is 0 Å². The summed E-state index contributed by atoms with van der Waals surface area (Å²) < 4.78 is 0. The van der Waals surface area contributed by atoms with E-state index >= 15 is 0 Å². The molecule has 1 atom stereocenters. The largest absolute Gasteiger partial charge is 0.321 e. The van der Waals surface area contributed by atoms with Crippen LogP contribution in [0.15, 0.2) is 36.5 Å². The van der Waals surface area contributed by atoms with Gasteiger partial charge in [0.25, 0.3) is 0 Å². The van der Waals surface area contributed by atoms with Gasteiger partial charge in [-0.05, 0) is 24.5 Å². The van der Waals surface area contributed by atoms with Crippen molar-refractivity contribution in [3.8, 4) is 0 Å². The van der Waals surface area contributed by atoms with Crippen LogP contribution in [0.2, 0.25) is 0 Å². The van der Waals surface area contributed by atoms with Crippen molar-refractivity contribution in [3.05, 3.63) is 42.1 Å². The van der Waals surface area contributed by atoms with Gasteiger partial charge in [-0.15, -0.1) is 0 Å². The molecule has 1 aromatic heterocycles. The molecule has 0 amide bonds. The topological polar surface area (TPSA) is 38.9 Å². The summed E-state index contributed by atoms with van der Waals surface area (Å²) >= 11 is 0. The summed E-state index contributed by atoms with van der Waals surface area (Å²) in [6.45, 7) is 6.35. The number of hydrogen-bond donors (Lipinski definition) is 1. The van der Waals surface area contributed by atoms with Crippen molar-refractivity contribution in [1.82, 2.24) is 4.98 Å². The lowest BCUT2D eigenvalue weighted by Gasteiger charge is -2.30. The van der Waals surface area contributed by atoms with Crippen LogP contribution in [0.4, 0.5) is 0 Å². The Balaban J connectivity index is 2.70. The fourth-order valence-corrected chi connectivity index (χ4v) is 1.85. The molecule has 1 heterocycles. The van der Waals surface area contributed by atoms with Crippen molar-refractivity contribution in [2.45, 2.75) is 26.3 Å². The van der Waals surface area contributed by atoms with Crippen LogP contribution in [0.5, 0.6) is 0 Å². The second-order valence-corrected chi connectivity index (χ2v) is 4.82. The minimum atomic E-state index is -0.339. The molecule has 0 aliphatic rings. The Kier molecular flexibility index (Phi) is 2.68. The fraction of sp³-hybridized carbons (Fsp3) is 0.357. The highest BCUT2D eigenvalue weighted by Gasteiger charge is 2.27. The van der Waals surface area contributed by atoms with Gasteiger partial charge in [0.1, 0.15) is 0 Å². The molecule has 0 saturated carbocycles. The van der Waals surface area contributed by atoms with Crippen molar-refractivity contribution < 1.29 is 0 Å². The van der Waals surface area contributed by atoms with Crippen molar-refractivity contribution in [2.24, 2.45) is 11.7 Å². The number of benzene rings is 1. The summed E-state index contributed by atoms with van der Waals surface area (Å²) in [7, 11) is 0. The van der Waals surface area contributed by atoms with E-state index in [1.165, 1.54) is 0 Å². The molecule has 1 aromatic carbocycles. The molecule has 2 rings (SSSR count). The fourth-order valence-electron chi connectivity index (χ4n) is 1.85. The average Bonchev–Trinajstić information content (AvgIpc) is 2.28. The lowest BCUT2D eigenvalue weighted by Crippen LogP contribution is -2.38. The summed E-state index contributed by atoms with van der Waals surface area (Å²) in [5.74, 6) is 0.375. The molecule has 0 saturated heterocycles. The molecule has 0 aliphatic carbocycles. The molecule has 84 valence electrons. The monoisotopic (exact) mass is 214 g/mol. The quantitative estimate of drug-likeness (QED) is 0.834. The van der Waals surface area contributed by atoms with E-state index in [0.29, 0.717) is 5.92 Å². The molecular weight excluding hydrogens is 196 g/mol. The van der Waals surface area contributed by atoms with E-state index in [1.54, 1.807) is 0 Å². The Morgan fingerprint density at radius 2 is 1.88 bits per heavy atom. The minimum Gasteiger partial charge on any atom is -0.321 e. The van der Waals surface area contributed by atoms with Crippen LogP contribution in [0.25, 0.3) is 10.9 Å². The molecular formula is C14H18N2. The molecule has 0 aliphatic heterocycles. The van der Waals surface area contributed by atoms with Gasteiger partial charge in [0, 0.05) is 17.1 Å². The number of para-hydroxylation sites is 1. The van der Waals surface area contributed by atoms with Crippen molar-refractivity contribution >= 4 is 10.9 Å². The smallest absolute Gasteiger partial charge is 0.0752 e. The van der Waals surface area contributed by atoms with E-state index in [9.17, 15) is 0 Å². The Morgan fingerprint density at radius 1 is 1.19 bits per heavy atom. The summed E-state index contributed by atoms with van der Waals surface area (Å²) in [4.78, 5) is 4.45. The number of pyridine rings is 1. The van der Waals surface area contributed by atoms with Gasteiger partial charge in [0.2, 0.25) is 0 Å². The molecule has 2 nitrogen and oxygen atoms in total.